The zero-order chi connectivity index (χ0) is 14.9. The van der Waals surface area contributed by atoms with Crippen LogP contribution in [0.25, 0.3) is 0 Å². The second-order valence-electron chi connectivity index (χ2n) is 5.82. The fourth-order valence-electron chi connectivity index (χ4n) is 3.50. The van der Waals surface area contributed by atoms with Crippen LogP contribution in [0.3, 0.4) is 0 Å². The highest BCUT2D eigenvalue weighted by Crippen LogP contribution is 2.43. The Kier molecular flexibility index (Phi) is 3.52. The lowest BCUT2D eigenvalue weighted by Gasteiger charge is -2.48. The number of primary amides is 1. The largest absolute Gasteiger partial charge is 0.369 e. The fraction of sp³-hybridized carbons (Fsp3) is 0.278. The SMILES string of the molecule is CN1CC(C(C(N)=O)(c2ccccc2)c2ccccc2)C1. The molecule has 0 aliphatic carbocycles. The van der Waals surface area contributed by atoms with Gasteiger partial charge in [-0.3, -0.25) is 4.79 Å². The number of nitrogens with two attached hydrogens (primary N) is 1. The van der Waals surface area contributed by atoms with Crippen LogP contribution in [0.15, 0.2) is 60.7 Å². The molecule has 3 rings (SSSR count). The van der Waals surface area contributed by atoms with E-state index in [2.05, 4.69) is 11.9 Å². The predicted octanol–water partition coefficient (Wildman–Crippen LogP) is 2.02. The first kappa shape index (κ1) is 13.8. The molecule has 0 spiro atoms. The van der Waals surface area contributed by atoms with Gasteiger partial charge in [0.1, 0.15) is 5.41 Å². The maximum Gasteiger partial charge on any atom is 0.232 e. The lowest BCUT2D eigenvalue weighted by molar-refractivity contribution is -0.126. The predicted molar refractivity (Wildman–Crippen MR) is 83.8 cm³/mol. The van der Waals surface area contributed by atoms with Gasteiger partial charge in [-0.2, -0.15) is 0 Å². The minimum Gasteiger partial charge on any atom is -0.369 e. The van der Waals surface area contributed by atoms with Crippen molar-refractivity contribution in [3.63, 3.8) is 0 Å². The molecule has 1 saturated heterocycles. The Morgan fingerprint density at radius 1 is 1.00 bits per heavy atom. The van der Waals surface area contributed by atoms with Crippen LogP contribution in [0.4, 0.5) is 0 Å². The highest BCUT2D eigenvalue weighted by molar-refractivity contribution is 5.91. The minimum atomic E-state index is -0.741. The lowest BCUT2D eigenvalue weighted by Crippen LogP contribution is -2.60. The Hall–Kier alpha value is -2.13. The molecule has 1 fully saturated rings. The van der Waals surface area contributed by atoms with E-state index in [9.17, 15) is 4.79 Å². The van der Waals surface area contributed by atoms with Gasteiger partial charge in [0.15, 0.2) is 0 Å². The number of likely N-dealkylation sites (tertiary alicyclic amines) is 1. The van der Waals surface area contributed by atoms with Crippen molar-refractivity contribution in [2.24, 2.45) is 11.7 Å². The first-order chi connectivity index (χ1) is 10.2. The molecule has 0 radical (unpaired) electrons. The van der Waals surface area contributed by atoms with Crippen LogP contribution >= 0.6 is 0 Å². The molecule has 1 aliphatic heterocycles. The van der Waals surface area contributed by atoms with Crippen molar-refractivity contribution in [2.45, 2.75) is 5.41 Å². The van der Waals surface area contributed by atoms with Crippen molar-refractivity contribution in [3.05, 3.63) is 71.8 Å². The van der Waals surface area contributed by atoms with E-state index < -0.39 is 5.41 Å². The summed E-state index contributed by atoms with van der Waals surface area (Å²) >= 11 is 0. The van der Waals surface area contributed by atoms with Crippen LogP contribution < -0.4 is 5.73 Å². The van der Waals surface area contributed by atoms with Crippen LogP contribution in [0, 0.1) is 5.92 Å². The normalized spacial score (nSPS) is 16.4. The second kappa shape index (κ2) is 5.34. The number of benzene rings is 2. The third-order valence-corrected chi connectivity index (χ3v) is 4.52. The van der Waals surface area contributed by atoms with Gasteiger partial charge in [0, 0.05) is 19.0 Å². The Morgan fingerprint density at radius 2 is 1.43 bits per heavy atom. The molecule has 0 bridgehead atoms. The molecule has 2 aromatic carbocycles. The van der Waals surface area contributed by atoms with E-state index in [0.717, 1.165) is 24.2 Å². The molecule has 0 saturated carbocycles. The van der Waals surface area contributed by atoms with E-state index in [1.807, 2.05) is 60.7 Å². The number of carbonyl (C=O) groups is 1. The number of rotatable bonds is 4. The molecule has 1 heterocycles. The van der Waals surface area contributed by atoms with Gasteiger partial charge in [0.25, 0.3) is 0 Å². The molecule has 3 heteroatoms. The smallest absolute Gasteiger partial charge is 0.232 e. The monoisotopic (exact) mass is 280 g/mol. The first-order valence-electron chi connectivity index (χ1n) is 7.25. The summed E-state index contributed by atoms with van der Waals surface area (Å²) in [6.45, 7) is 1.76. The molecule has 3 nitrogen and oxygen atoms in total. The molecule has 1 amide bonds. The van der Waals surface area contributed by atoms with Crippen LogP contribution in [0.1, 0.15) is 11.1 Å². The Labute approximate surface area is 125 Å². The van der Waals surface area contributed by atoms with Gasteiger partial charge in [0.2, 0.25) is 5.91 Å². The lowest BCUT2D eigenvalue weighted by atomic mass is 9.62. The molecule has 2 aromatic rings. The number of carbonyl (C=O) groups excluding carboxylic acids is 1. The Balaban J connectivity index is 2.20. The van der Waals surface area contributed by atoms with Gasteiger partial charge < -0.3 is 10.6 Å². The number of hydrogen-bond donors (Lipinski definition) is 1. The van der Waals surface area contributed by atoms with Gasteiger partial charge in [-0.15, -0.1) is 0 Å². The topological polar surface area (TPSA) is 46.3 Å². The summed E-state index contributed by atoms with van der Waals surface area (Å²) < 4.78 is 0. The average molecular weight is 280 g/mol. The fourth-order valence-corrected chi connectivity index (χ4v) is 3.50. The molecule has 0 aromatic heterocycles. The standard InChI is InChI=1S/C18H20N2O/c1-20-12-16(13-20)18(17(19)21,14-8-4-2-5-9-14)15-10-6-3-7-11-15/h2-11,16H,12-13H2,1H3,(H2,19,21). The van der Waals surface area contributed by atoms with Crippen molar-refractivity contribution >= 4 is 5.91 Å². The van der Waals surface area contributed by atoms with Crippen LogP contribution in [-0.4, -0.2) is 30.9 Å². The molecule has 0 unspecified atom stereocenters. The zero-order valence-electron chi connectivity index (χ0n) is 12.2. The van der Waals surface area contributed by atoms with Crippen molar-refractivity contribution in [2.75, 3.05) is 20.1 Å². The Bertz CT molecular complexity index is 579. The summed E-state index contributed by atoms with van der Waals surface area (Å²) in [4.78, 5) is 14.8. The number of amides is 1. The second-order valence-corrected chi connectivity index (χ2v) is 5.82. The first-order valence-corrected chi connectivity index (χ1v) is 7.25. The molecule has 1 aliphatic rings. The van der Waals surface area contributed by atoms with Crippen LogP contribution in [0.2, 0.25) is 0 Å². The van der Waals surface area contributed by atoms with E-state index in [4.69, 9.17) is 5.73 Å². The molecular weight excluding hydrogens is 260 g/mol. The van der Waals surface area contributed by atoms with Gasteiger partial charge in [-0.25, -0.2) is 0 Å². The van der Waals surface area contributed by atoms with Gasteiger partial charge in [-0.1, -0.05) is 60.7 Å². The molecule has 108 valence electrons. The van der Waals surface area contributed by atoms with Crippen LogP contribution in [0.5, 0.6) is 0 Å². The van der Waals surface area contributed by atoms with Gasteiger partial charge in [-0.05, 0) is 18.2 Å². The Morgan fingerprint density at radius 3 is 1.76 bits per heavy atom. The van der Waals surface area contributed by atoms with Gasteiger partial charge in [0.05, 0.1) is 0 Å². The maximum absolute atomic E-state index is 12.6. The highest BCUT2D eigenvalue weighted by Gasteiger charge is 2.51. The van der Waals surface area contributed by atoms with Crippen molar-refractivity contribution in [1.29, 1.82) is 0 Å². The van der Waals surface area contributed by atoms with Crippen molar-refractivity contribution in [3.8, 4) is 0 Å². The van der Waals surface area contributed by atoms with E-state index in [1.165, 1.54) is 0 Å². The van der Waals surface area contributed by atoms with E-state index >= 15 is 0 Å². The highest BCUT2D eigenvalue weighted by atomic mass is 16.1. The molecule has 2 N–H and O–H groups in total. The summed E-state index contributed by atoms with van der Waals surface area (Å²) in [7, 11) is 2.07. The zero-order valence-corrected chi connectivity index (χ0v) is 12.2. The molecular formula is C18H20N2O. The summed E-state index contributed by atoms with van der Waals surface area (Å²) in [5.74, 6) is -0.0530. The summed E-state index contributed by atoms with van der Waals surface area (Å²) in [5, 5.41) is 0. The third-order valence-electron chi connectivity index (χ3n) is 4.52. The third kappa shape index (κ3) is 2.14. The quantitative estimate of drug-likeness (QED) is 0.931. The van der Waals surface area contributed by atoms with Crippen molar-refractivity contribution in [1.82, 2.24) is 4.90 Å². The number of nitrogens with zero attached hydrogens (tertiary/aromatic N) is 1. The van der Waals surface area contributed by atoms with Crippen molar-refractivity contribution < 1.29 is 4.79 Å². The summed E-state index contributed by atoms with van der Waals surface area (Å²) in [6, 6.07) is 19.9. The molecule has 0 atom stereocenters. The van der Waals surface area contributed by atoms with E-state index in [1.54, 1.807) is 0 Å². The summed E-state index contributed by atoms with van der Waals surface area (Å²) in [6.07, 6.45) is 0. The van der Waals surface area contributed by atoms with E-state index in [-0.39, 0.29) is 11.8 Å². The number of hydrogen-bond acceptors (Lipinski definition) is 2. The average Bonchev–Trinajstić information content (AvgIpc) is 2.48. The van der Waals surface area contributed by atoms with Gasteiger partial charge >= 0.3 is 0 Å². The summed E-state index contributed by atoms with van der Waals surface area (Å²) in [5.41, 5.74) is 7.17. The molecule has 21 heavy (non-hydrogen) atoms. The maximum atomic E-state index is 12.6. The van der Waals surface area contributed by atoms with E-state index in [0.29, 0.717) is 0 Å². The van der Waals surface area contributed by atoms with Crippen LogP contribution in [-0.2, 0) is 10.2 Å². The minimum absolute atomic E-state index is 0.213.